The van der Waals surface area contributed by atoms with Crippen molar-refractivity contribution in [3.05, 3.63) is 47.9 Å². The minimum absolute atomic E-state index is 0.00947. The fourth-order valence-corrected chi connectivity index (χ4v) is 2.98. The Morgan fingerprint density at radius 3 is 2.76 bits per heavy atom. The van der Waals surface area contributed by atoms with Crippen molar-refractivity contribution in [2.45, 2.75) is 11.6 Å². The Morgan fingerprint density at radius 1 is 1.48 bits per heavy atom. The highest BCUT2D eigenvalue weighted by Crippen LogP contribution is 2.15. The van der Waals surface area contributed by atoms with Crippen LogP contribution in [0.5, 0.6) is 0 Å². The molecule has 3 N–H and O–H groups in total. The molecule has 0 aliphatic heterocycles. The summed E-state index contributed by atoms with van der Waals surface area (Å²) in [6.45, 7) is 0.181. The second kappa shape index (κ2) is 5.66. The molecule has 1 aromatic heterocycles. The number of imidazole rings is 1. The molecule has 0 unspecified atom stereocenters. The topological polar surface area (TPSA) is 105 Å². The molecule has 112 valence electrons. The molecule has 0 saturated carbocycles. The Bertz CT molecular complexity index is 766. The molecule has 0 spiro atoms. The second-order valence-corrected chi connectivity index (χ2v) is 6.74. The number of sulfonamides is 1. The Balaban J connectivity index is 2.23. The van der Waals surface area contributed by atoms with Crippen LogP contribution in [0.3, 0.4) is 0 Å². The number of rotatable bonds is 5. The van der Waals surface area contributed by atoms with Crippen LogP contribution < -0.4 is 5.73 Å². The second-order valence-electron chi connectivity index (χ2n) is 4.75. The minimum atomic E-state index is -3.63. The van der Waals surface area contributed by atoms with Crippen LogP contribution in [0.25, 0.3) is 0 Å². The normalized spacial score (nSPS) is 11.8. The molecule has 0 saturated heterocycles. The number of aryl methyl sites for hydroxylation is 1. The molecule has 7 nitrogen and oxygen atoms in total. The first-order chi connectivity index (χ1) is 9.80. The lowest BCUT2D eigenvalue weighted by molar-refractivity contribution is 0.464. The van der Waals surface area contributed by atoms with Crippen LogP contribution in [0, 0.1) is 5.41 Å². The first-order valence-corrected chi connectivity index (χ1v) is 7.62. The van der Waals surface area contributed by atoms with E-state index in [4.69, 9.17) is 11.1 Å². The maximum Gasteiger partial charge on any atom is 0.262 e. The van der Waals surface area contributed by atoms with E-state index in [9.17, 15) is 8.42 Å². The van der Waals surface area contributed by atoms with Crippen molar-refractivity contribution in [3.63, 3.8) is 0 Å². The molecule has 21 heavy (non-hydrogen) atoms. The average Bonchev–Trinajstić information content (AvgIpc) is 2.86. The fraction of sp³-hybridized carbons (Fsp3) is 0.231. The van der Waals surface area contributed by atoms with Crippen molar-refractivity contribution < 1.29 is 8.42 Å². The number of benzene rings is 1. The molecule has 2 rings (SSSR count). The standard InChI is InChI=1S/C13H17N5O2S/c1-17-8-12(16-9-17)21(19,20)18(2)7-10-4-3-5-11(6-10)13(14)15/h3-6,8-9H,7H2,1-2H3,(H3,14,15). The Hall–Kier alpha value is -2.19. The molecule has 0 bridgehead atoms. The van der Waals surface area contributed by atoms with Gasteiger partial charge >= 0.3 is 0 Å². The van der Waals surface area contributed by atoms with E-state index in [0.29, 0.717) is 5.56 Å². The van der Waals surface area contributed by atoms with Crippen LogP contribution >= 0.6 is 0 Å². The van der Waals surface area contributed by atoms with E-state index in [0.717, 1.165) is 5.56 Å². The maximum absolute atomic E-state index is 12.4. The molecule has 0 radical (unpaired) electrons. The van der Waals surface area contributed by atoms with Crippen molar-refractivity contribution in [2.75, 3.05) is 7.05 Å². The summed E-state index contributed by atoms with van der Waals surface area (Å²) in [5.74, 6) is -0.0490. The predicted octanol–water partition coefficient (Wildman–Crippen LogP) is 0.525. The van der Waals surface area contributed by atoms with E-state index in [1.807, 2.05) is 0 Å². The summed E-state index contributed by atoms with van der Waals surface area (Å²) >= 11 is 0. The maximum atomic E-state index is 12.4. The Morgan fingerprint density at radius 2 is 2.19 bits per heavy atom. The summed E-state index contributed by atoms with van der Waals surface area (Å²) in [5.41, 5.74) is 6.75. The van der Waals surface area contributed by atoms with Gasteiger partial charge in [0.05, 0.1) is 6.33 Å². The molecule has 1 heterocycles. The van der Waals surface area contributed by atoms with Crippen molar-refractivity contribution >= 4 is 15.9 Å². The van der Waals surface area contributed by atoms with E-state index >= 15 is 0 Å². The van der Waals surface area contributed by atoms with E-state index in [-0.39, 0.29) is 17.4 Å². The van der Waals surface area contributed by atoms with Crippen molar-refractivity contribution in [3.8, 4) is 0 Å². The lowest BCUT2D eigenvalue weighted by Crippen LogP contribution is -2.27. The number of aromatic nitrogens is 2. The summed E-state index contributed by atoms with van der Waals surface area (Å²) in [6.07, 6.45) is 2.90. The van der Waals surface area contributed by atoms with Gasteiger partial charge < -0.3 is 10.3 Å². The van der Waals surface area contributed by atoms with Gasteiger partial charge in [-0.25, -0.2) is 13.4 Å². The monoisotopic (exact) mass is 307 g/mol. The lowest BCUT2D eigenvalue weighted by atomic mass is 10.1. The van der Waals surface area contributed by atoms with Crippen molar-refractivity contribution in [1.29, 1.82) is 5.41 Å². The third kappa shape index (κ3) is 3.29. The van der Waals surface area contributed by atoms with Crippen LogP contribution in [0.2, 0.25) is 0 Å². The molecule has 0 aliphatic rings. The zero-order valence-electron chi connectivity index (χ0n) is 11.8. The van der Waals surface area contributed by atoms with Crippen LogP contribution in [0.1, 0.15) is 11.1 Å². The van der Waals surface area contributed by atoms with Gasteiger partial charge in [0.1, 0.15) is 5.84 Å². The molecule has 0 amide bonds. The Labute approximate surface area is 123 Å². The molecule has 2 aromatic rings. The van der Waals surface area contributed by atoms with Gasteiger partial charge in [0.15, 0.2) is 5.03 Å². The third-order valence-electron chi connectivity index (χ3n) is 3.00. The van der Waals surface area contributed by atoms with Gasteiger partial charge in [0.25, 0.3) is 10.0 Å². The van der Waals surface area contributed by atoms with E-state index in [2.05, 4.69) is 4.98 Å². The number of nitrogens with zero attached hydrogens (tertiary/aromatic N) is 3. The number of nitrogen functional groups attached to an aromatic ring is 1. The summed E-state index contributed by atoms with van der Waals surface area (Å²) in [4.78, 5) is 3.88. The van der Waals surface area contributed by atoms with Gasteiger partial charge in [-0.15, -0.1) is 0 Å². The zero-order valence-corrected chi connectivity index (χ0v) is 12.6. The third-order valence-corrected chi connectivity index (χ3v) is 4.69. The van der Waals surface area contributed by atoms with Gasteiger partial charge in [-0.1, -0.05) is 18.2 Å². The first kappa shape index (κ1) is 15.2. The highest BCUT2D eigenvalue weighted by Gasteiger charge is 2.23. The number of hydrogen-bond acceptors (Lipinski definition) is 4. The number of hydrogen-bond donors (Lipinski definition) is 2. The molecule has 0 atom stereocenters. The van der Waals surface area contributed by atoms with E-state index < -0.39 is 10.0 Å². The largest absolute Gasteiger partial charge is 0.384 e. The average molecular weight is 307 g/mol. The lowest BCUT2D eigenvalue weighted by Gasteiger charge is -2.16. The summed E-state index contributed by atoms with van der Waals surface area (Å²) in [6, 6.07) is 6.94. The Kier molecular flexibility index (Phi) is 4.10. The number of nitrogens with one attached hydrogen (secondary N) is 1. The van der Waals surface area contributed by atoms with Gasteiger partial charge in [-0.3, -0.25) is 5.41 Å². The summed E-state index contributed by atoms with van der Waals surface area (Å²) < 4.78 is 27.5. The zero-order chi connectivity index (χ0) is 15.6. The van der Waals surface area contributed by atoms with Crippen molar-refractivity contribution in [1.82, 2.24) is 13.9 Å². The van der Waals surface area contributed by atoms with Crippen molar-refractivity contribution in [2.24, 2.45) is 12.8 Å². The molecular formula is C13H17N5O2S. The number of amidine groups is 1. The first-order valence-electron chi connectivity index (χ1n) is 6.18. The summed E-state index contributed by atoms with van der Waals surface area (Å²) in [7, 11) is -0.432. The molecule has 1 aromatic carbocycles. The molecule has 0 aliphatic carbocycles. The smallest absolute Gasteiger partial charge is 0.262 e. The SMILES string of the molecule is CN(Cc1cccc(C(=N)N)c1)S(=O)(=O)c1cn(C)cn1. The molecule has 8 heteroatoms. The summed E-state index contributed by atoms with van der Waals surface area (Å²) in [5, 5.41) is 7.42. The van der Waals surface area contributed by atoms with Crippen LogP contribution in [-0.4, -0.2) is 35.2 Å². The van der Waals surface area contributed by atoms with Gasteiger partial charge in [-0.2, -0.15) is 4.31 Å². The number of nitrogens with two attached hydrogens (primary N) is 1. The van der Waals surface area contributed by atoms with Gasteiger partial charge in [-0.05, 0) is 11.6 Å². The van der Waals surface area contributed by atoms with Crippen LogP contribution in [0.4, 0.5) is 0 Å². The van der Waals surface area contributed by atoms with Crippen LogP contribution in [-0.2, 0) is 23.6 Å². The molecule has 0 fully saturated rings. The quantitative estimate of drug-likeness (QED) is 0.620. The fourth-order valence-electron chi connectivity index (χ4n) is 1.86. The molecular weight excluding hydrogens is 290 g/mol. The highest BCUT2D eigenvalue weighted by molar-refractivity contribution is 7.89. The van der Waals surface area contributed by atoms with E-state index in [1.165, 1.54) is 23.9 Å². The minimum Gasteiger partial charge on any atom is -0.384 e. The highest BCUT2D eigenvalue weighted by atomic mass is 32.2. The van der Waals surface area contributed by atoms with E-state index in [1.54, 1.807) is 35.9 Å². The van der Waals surface area contributed by atoms with Crippen LogP contribution in [0.15, 0.2) is 41.8 Å². The van der Waals surface area contributed by atoms with Gasteiger partial charge in [0, 0.05) is 32.4 Å². The van der Waals surface area contributed by atoms with Gasteiger partial charge in [0.2, 0.25) is 0 Å². The predicted molar refractivity (Wildman–Crippen MR) is 79.3 cm³/mol.